The monoisotopic (exact) mass is 425 g/mol. The number of carbonyl (C=O) groups is 2. The number of nitrogens with zero attached hydrogens (tertiary/aromatic N) is 3. The molecule has 8 nitrogen and oxygen atoms in total. The molecular weight excluding hydrogens is 402 g/mol. The van der Waals surface area contributed by atoms with Crippen LogP contribution in [0.2, 0.25) is 5.02 Å². The minimum absolute atomic E-state index is 0.0545. The topological polar surface area (TPSA) is 109 Å². The lowest BCUT2D eigenvalue weighted by atomic mass is 10.0. The quantitative estimate of drug-likeness (QED) is 0.557. The number of aryl methyl sites for hydroxylation is 1. The van der Waals surface area contributed by atoms with E-state index in [1.807, 2.05) is 13.8 Å². The molecule has 0 saturated heterocycles. The van der Waals surface area contributed by atoms with E-state index < -0.39 is 11.8 Å². The van der Waals surface area contributed by atoms with Gasteiger partial charge in [0.1, 0.15) is 11.9 Å². The Balaban J connectivity index is 2.09. The molecule has 1 atom stereocenters. The number of aliphatic hydroxyl groups is 1. The van der Waals surface area contributed by atoms with E-state index in [2.05, 4.69) is 20.9 Å². The first kappa shape index (κ1) is 22.2. The molecule has 0 radical (unpaired) electrons. The number of rotatable bonds is 8. The molecule has 2 aromatic rings. The summed E-state index contributed by atoms with van der Waals surface area (Å²) >= 11 is 7.31. The van der Waals surface area contributed by atoms with E-state index in [1.54, 1.807) is 36.0 Å². The second-order valence-electron chi connectivity index (χ2n) is 6.83. The zero-order valence-corrected chi connectivity index (χ0v) is 17.8. The fourth-order valence-electron chi connectivity index (χ4n) is 2.44. The van der Waals surface area contributed by atoms with Gasteiger partial charge >= 0.3 is 0 Å². The van der Waals surface area contributed by atoms with Gasteiger partial charge in [-0.1, -0.05) is 28.6 Å². The van der Waals surface area contributed by atoms with E-state index >= 15 is 0 Å². The molecule has 0 aliphatic heterocycles. The molecule has 0 saturated carbocycles. The highest BCUT2D eigenvalue weighted by Gasteiger charge is 2.27. The minimum Gasteiger partial charge on any atom is -0.374 e. The third-order valence-corrected chi connectivity index (χ3v) is 4.78. The average Bonchev–Trinajstić information content (AvgIpc) is 3.02. The molecule has 152 valence electrons. The number of anilines is 1. The van der Waals surface area contributed by atoms with Crippen LogP contribution in [0.5, 0.6) is 0 Å². The summed E-state index contributed by atoms with van der Waals surface area (Å²) in [5.41, 5.74) is 0.717. The van der Waals surface area contributed by atoms with E-state index in [4.69, 9.17) is 11.6 Å². The maximum absolute atomic E-state index is 12.7. The highest BCUT2D eigenvalue weighted by atomic mass is 35.5. The summed E-state index contributed by atoms with van der Waals surface area (Å²) in [5.74, 6) is 0.273. The van der Waals surface area contributed by atoms with Crippen LogP contribution in [-0.4, -0.2) is 43.1 Å². The molecule has 0 aliphatic carbocycles. The largest absolute Gasteiger partial charge is 0.374 e. The van der Waals surface area contributed by atoms with Gasteiger partial charge in [0, 0.05) is 29.0 Å². The van der Waals surface area contributed by atoms with Crippen molar-refractivity contribution >= 4 is 40.1 Å². The molecule has 1 aromatic heterocycles. The number of nitrogens with one attached hydrogen (secondary N) is 2. The molecule has 0 spiro atoms. The number of hydrogen-bond acceptors (Lipinski definition) is 7. The standard InChI is InChI=1S/C18H24ClN5O3S/c1-11(25)20-15-8-13(7-14(19)9-15)17(27)21-18(3,4)16-10-24(23-22-16)5-6-28-12(2)26/h7-11,20,25H,5-6H2,1-4H3,(H,21,27). The van der Waals surface area contributed by atoms with Gasteiger partial charge in [0.05, 0.1) is 18.3 Å². The second-order valence-corrected chi connectivity index (χ2v) is 8.54. The summed E-state index contributed by atoms with van der Waals surface area (Å²) < 4.78 is 1.64. The summed E-state index contributed by atoms with van der Waals surface area (Å²) in [4.78, 5) is 23.7. The SMILES string of the molecule is CC(=O)SCCn1cc(C(C)(C)NC(=O)c2cc(Cl)cc(NC(C)O)c2)nn1. The van der Waals surface area contributed by atoms with Crippen LogP contribution in [0.1, 0.15) is 43.7 Å². The molecule has 0 fully saturated rings. The average molecular weight is 426 g/mol. The van der Waals surface area contributed by atoms with Crippen molar-refractivity contribution in [2.75, 3.05) is 11.1 Å². The van der Waals surface area contributed by atoms with Gasteiger partial charge in [0.25, 0.3) is 5.91 Å². The van der Waals surface area contributed by atoms with Crippen LogP contribution in [0.4, 0.5) is 5.69 Å². The Bertz CT molecular complexity index is 853. The molecule has 1 aromatic carbocycles. The Morgan fingerprint density at radius 3 is 2.71 bits per heavy atom. The van der Waals surface area contributed by atoms with Gasteiger partial charge in [-0.15, -0.1) is 5.10 Å². The first-order chi connectivity index (χ1) is 13.1. The maximum atomic E-state index is 12.7. The van der Waals surface area contributed by atoms with E-state index in [0.29, 0.717) is 34.3 Å². The third kappa shape index (κ3) is 6.50. The molecule has 1 heterocycles. The zero-order chi connectivity index (χ0) is 20.9. The molecule has 0 aliphatic rings. The first-order valence-corrected chi connectivity index (χ1v) is 10.0. The number of thioether (sulfide) groups is 1. The Morgan fingerprint density at radius 2 is 2.07 bits per heavy atom. The summed E-state index contributed by atoms with van der Waals surface area (Å²) in [6.45, 7) is 7.28. The molecule has 28 heavy (non-hydrogen) atoms. The van der Waals surface area contributed by atoms with Crippen molar-refractivity contribution in [3.05, 3.63) is 40.7 Å². The molecule has 3 N–H and O–H groups in total. The van der Waals surface area contributed by atoms with Gasteiger partial charge in [-0.05, 0) is 39.0 Å². The van der Waals surface area contributed by atoms with Crippen molar-refractivity contribution in [1.82, 2.24) is 20.3 Å². The molecule has 1 amide bonds. The predicted octanol–water partition coefficient (Wildman–Crippen LogP) is 2.63. The van der Waals surface area contributed by atoms with E-state index in [-0.39, 0.29) is 11.0 Å². The lowest BCUT2D eigenvalue weighted by molar-refractivity contribution is -0.109. The van der Waals surface area contributed by atoms with Gasteiger partial charge in [-0.25, -0.2) is 0 Å². The van der Waals surface area contributed by atoms with Crippen molar-refractivity contribution in [3.8, 4) is 0 Å². The van der Waals surface area contributed by atoms with Crippen molar-refractivity contribution < 1.29 is 14.7 Å². The highest BCUT2D eigenvalue weighted by Crippen LogP contribution is 2.22. The predicted molar refractivity (Wildman–Crippen MR) is 110 cm³/mol. The zero-order valence-electron chi connectivity index (χ0n) is 16.2. The van der Waals surface area contributed by atoms with Crippen molar-refractivity contribution in [2.24, 2.45) is 0 Å². The first-order valence-electron chi connectivity index (χ1n) is 8.68. The van der Waals surface area contributed by atoms with Gasteiger partial charge < -0.3 is 15.7 Å². The summed E-state index contributed by atoms with van der Waals surface area (Å²) in [5, 5.41) is 23.8. The fraction of sp³-hybridized carbons (Fsp3) is 0.444. The van der Waals surface area contributed by atoms with Crippen LogP contribution in [0, 0.1) is 0 Å². The Labute approximate surface area is 173 Å². The number of amides is 1. The lowest BCUT2D eigenvalue weighted by Gasteiger charge is -2.24. The van der Waals surface area contributed by atoms with Gasteiger partial charge in [-0.2, -0.15) is 0 Å². The summed E-state index contributed by atoms with van der Waals surface area (Å²) in [6.07, 6.45) is 0.973. The normalized spacial score (nSPS) is 12.5. The number of halogens is 1. The summed E-state index contributed by atoms with van der Waals surface area (Å²) in [6, 6.07) is 4.79. The van der Waals surface area contributed by atoms with E-state index in [9.17, 15) is 14.7 Å². The number of aliphatic hydroxyl groups excluding tert-OH is 1. The smallest absolute Gasteiger partial charge is 0.252 e. The van der Waals surface area contributed by atoms with Crippen LogP contribution >= 0.6 is 23.4 Å². The lowest BCUT2D eigenvalue weighted by Crippen LogP contribution is -2.41. The second kappa shape index (κ2) is 9.40. The number of carbonyl (C=O) groups excluding carboxylic acids is 2. The highest BCUT2D eigenvalue weighted by molar-refractivity contribution is 8.13. The van der Waals surface area contributed by atoms with Crippen molar-refractivity contribution in [2.45, 2.75) is 46.0 Å². The molecule has 2 rings (SSSR count). The van der Waals surface area contributed by atoms with E-state index in [1.165, 1.54) is 18.7 Å². The van der Waals surface area contributed by atoms with Crippen LogP contribution in [-0.2, 0) is 16.9 Å². The van der Waals surface area contributed by atoms with Crippen LogP contribution < -0.4 is 10.6 Å². The molecular formula is C18H24ClN5O3S. The van der Waals surface area contributed by atoms with Gasteiger partial charge in [0.15, 0.2) is 5.12 Å². The van der Waals surface area contributed by atoms with Gasteiger partial charge in [0.2, 0.25) is 0 Å². The van der Waals surface area contributed by atoms with Crippen molar-refractivity contribution in [3.63, 3.8) is 0 Å². The number of hydrogen-bond donors (Lipinski definition) is 3. The van der Waals surface area contributed by atoms with Crippen LogP contribution in [0.3, 0.4) is 0 Å². The summed E-state index contributed by atoms with van der Waals surface area (Å²) in [7, 11) is 0. The molecule has 10 heteroatoms. The Kier molecular flexibility index (Phi) is 7.45. The van der Waals surface area contributed by atoms with Gasteiger partial charge in [-0.3, -0.25) is 14.3 Å². The molecule has 1 unspecified atom stereocenters. The third-order valence-electron chi connectivity index (χ3n) is 3.77. The Morgan fingerprint density at radius 1 is 1.36 bits per heavy atom. The van der Waals surface area contributed by atoms with Crippen LogP contribution in [0.15, 0.2) is 24.4 Å². The minimum atomic E-state index is -0.776. The fourth-order valence-corrected chi connectivity index (χ4v) is 3.24. The van der Waals surface area contributed by atoms with E-state index in [0.717, 1.165) is 0 Å². The number of aromatic nitrogens is 3. The molecule has 0 bridgehead atoms. The van der Waals surface area contributed by atoms with Crippen molar-refractivity contribution in [1.29, 1.82) is 0 Å². The van der Waals surface area contributed by atoms with Crippen LogP contribution in [0.25, 0.3) is 0 Å². The number of benzene rings is 1. The Hall–Kier alpha value is -2.10. The maximum Gasteiger partial charge on any atom is 0.252 e.